The van der Waals surface area contributed by atoms with Crippen molar-refractivity contribution in [3.8, 4) is 45.6 Å². The second-order valence-corrected chi connectivity index (χ2v) is 14.3. The normalized spacial score (nSPS) is 12.1. The molecular weight excluding hydrogens is 713 g/mol. The van der Waals surface area contributed by atoms with E-state index in [1.54, 1.807) is 0 Å². The van der Waals surface area contributed by atoms with Gasteiger partial charge in [0.15, 0.2) is 0 Å². The largest absolute Gasteiger partial charge is 2.00 e. The topological polar surface area (TPSA) is 106 Å². The van der Waals surface area contributed by atoms with Gasteiger partial charge in [0.2, 0.25) is 0 Å². The van der Waals surface area contributed by atoms with Gasteiger partial charge in [-0.25, -0.2) is 9.97 Å². The molecule has 0 aliphatic carbocycles. The molecule has 2 aliphatic rings. The Bertz CT molecular complexity index is 3490. The van der Waals surface area contributed by atoms with Gasteiger partial charge in [0, 0.05) is 55.6 Å². The third-order valence-corrected chi connectivity index (χ3v) is 11.3. The van der Waals surface area contributed by atoms with Crippen LogP contribution >= 0.6 is 0 Å². The summed E-state index contributed by atoms with van der Waals surface area (Å²) < 4.78 is 0. The van der Waals surface area contributed by atoms with Gasteiger partial charge in [0.1, 0.15) is 0 Å². The van der Waals surface area contributed by atoms with Crippen LogP contribution in [0.5, 0.6) is 0 Å². The summed E-state index contributed by atoms with van der Waals surface area (Å²) in [5.41, 5.74) is 5.73. The Kier molecular flexibility index (Phi) is 6.76. The predicted octanol–water partition coefficient (Wildman–Crippen LogP) is 10.4. The first-order chi connectivity index (χ1) is 27.7. The molecule has 2 aliphatic heterocycles. The van der Waals surface area contributed by atoms with Crippen LogP contribution in [0.2, 0.25) is 0 Å². The van der Waals surface area contributed by atoms with E-state index in [0.29, 0.717) is 45.9 Å². The zero-order chi connectivity index (χ0) is 36.5. The average Bonchev–Trinajstić information content (AvgIpc) is 3.99. The first-order valence-electron chi connectivity index (χ1n) is 18.5. The van der Waals surface area contributed by atoms with Gasteiger partial charge >= 0.3 is 23.1 Å². The minimum atomic E-state index is 0. The van der Waals surface area contributed by atoms with Crippen LogP contribution in [0.15, 0.2) is 146 Å². The summed E-state index contributed by atoms with van der Waals surface area (Å²) in [5.74, 6) is 2.15. The number of fused-ring (bicyclic) bond motifs is 28. The van der Waals surface area contributed by atoms with Crippen molar-refractivity contribution in [1.82, 2.24) is 39.9 Å². The van der Waals surface area contributed by atoms with Crippen molar-refractivity contribution in [3.05, 3.63) is 146 Å². The zero-order valence-corrected chi connectivity index (χ0v) is 31.6. The van der Waals surface area contributed by atoms with Gasteiger partial charge in [-0.3, -0.25) is 0 Å². The molecule has 0 atom stereocenters. The Hall–Kier alpha value is -7.07. The Labute approximate surface area is 339 Å². The standard InChI is InChI=1S/C48H24N8.Mg/c1-5-13-29-25(9-1)17-21-33-37(29)45-51-41(33)49-42-35-23-19-27-11-3-7-15-31(27)39(35)47(53-42)56-48-40-32-16-8-4-12-28(32)20-24-36(40)44(54-48)50-43-34-22-18-26-10-2-6-14-30(26)38(34)46(52-43)55-45;/h1-24H;/q-2;+2. The molecule has 57 heavy (non-hydrogen) atoms. The number of nitrogens with zero attached hydrogens (tertiary/aromatic N) is 8. The van der Waals surface area contributed by atoms with Gasteiger partial charge in [-0.15, -0.1) is 0 Å². The van der Waals surface area contributed by atoms with E-state index in [1.807, 2.05) is 48.5 Å². The van der Waals surface area contributed by atoms with E-state index >= 15 is 0 Å². The molecule has 8 bridgehead atoms. The second kappa shape index (κ2) is 12.0. The van der Waals surface area contributed by atoms with Crippen LogP contribution in [0.3, 0.4) is 0 Å². The summed E-state index contributed by atoms with van der Waals surface area (Å²) in [6, 6.07) is 50.1. The summed E-state index contributed by atoms with van der Waals surface area (Å²) in [4.78, 5) is 42.0. The summed E-state index contributed by atoms with van der Waals surface area (Å²) in [7, 11) is 0. The summed E-state index contributed by atoms with van der Waals surface area (Å²) in [6.45, 7) is 0. The molecule has 258 valence electrons. The molecule has 13 rings (SSSR count). The molecule has 0 spiro atoms. The Morgan fingerprint density at radius 2 is 0.632 bits per heavy atom. The van der Waals surface area contributed by atoms with Crippen LogP contribution in [0, 0.1) is 0 Å². The molecule has 0 saturated heterocycles. The molecule has 0 fully saturated rings. The number of aromatic nitrogens is 8. The molecule has 11 aromatic rings. The maximum atomic E-state index is 5.33. The molecule has 0 amide bonds. The first-order valence-corrected chi connectivity index (χ1v) is 18.5. The van der Waals surface area contributed by atoms with E-state index in [0.717, 1.165) is 86.9 Å². The van der Waals surface area contributed by atoms with Gasteiger partial charge in [0.05, 0.1) is 23.3 Å². The SMILES string of the molecule is [Mg+2].c1ccc2c3c(ccc2c1)-c1nc-3nc2[n-]c(nc3nc(nc4[n-]c(n1)c1ccc5ccccc5c41)-c1c-3ccc3ccccc13)c1ccc3ccccc3c21. The van der Waals surface area contributed by atoms with Gasteiger partial charge < -0.3 is 29.9 Å². The minimum Gasteiger partial charge on any atom is -0.357 e. The van der Waals surface area contributed by atoms with Crippen molar-refractivity contribution >= 4 is 110 Å². The van der Waals surface area contributed by atoms with Crippen molar-refractivity contribution < 1.29 is 0 Å². The average molecular weight is 737 g/mol. The third-order valence-electron chi connectivity index (χ3n) is 11.3. The monoisotopic (exact) mass is 736 g/mol. The van der Waals surface area contributed by atoms with E-state index in [4.69, 9.17) is 39.9 Å². The molecule has 0 saturated carbocycles. The van der Waals surface area contributed by atoms with E-state index < -0.39 is 0 Å². The van der Waals surface area contributed by atoms with Crippen molar-refractivity contribution in [2.24, 2.45) is 0 Å². The fourth-order valence-electron chi connectivity index (χ4n) is 8.73. The molecule has 3 aromatic heterocycles. The van der Waals surface area contributed by atoms with E-state index in [2.05, 4.69) is 97.1 Å². The summed E-state index contributed by atoms with van der Waals surface area (Å²) in [5, 5.41) is 12.1. The first kappa shape index (κ1) is 32.2. The molecule has 0 radical (unpaired) electrons. The quantitative estimate of drug-likeness (QED) is 0.142. The Morgan fingerprint density at radius 1 is 0.281 bits per heavy atom. The number of rotatable bonds is 0. The third kappa shape index (κ3) is 4.61. The van der Waals surface area contributed by atoms with Crippen molar-refractivity contribution in [2.45, 2.75) is 0 Å². The van der Waals surface area contributed by atoms with E-state index in [9.17, 15) is 0 Å². The van der Waals surface area contributed by atoms with Gasteiger partial charge in [-0.2, -0.15) is 0 Å². The number of hydrogen-bond donors (Lipinski definition) is 0. The van der Waals surface area contributed by atoms with Gasteiger partial charge in [0.25, 0.3) is 0 Å². The molecule has 0 unspecified atom stereocenters. The summed E-state index contributed by atoms with van der Waals surface area (Å²) in [6.07, 6.45) is 0. The zero-order valence-electron chi connectivity index (χ0n) is 30.1. The fraction of sp³-hybridized carbons (Fsp3) is 0. The molecule has 8 aromatic carbocycles. The predicted molar refractivity (Wildman–Crippen MR) is 230 cm³/mol. The number of hydrogen-bond acceptors (Lipinski definition) is 6. The minimum absolute atomic E-state index is 0. The van der Waals surface area contributed by atoms with Crippen molar-refractivity contribution in [2.75, 3.05) is 0 Å². The second-order valence-electron chi connectivity index (χ2n) is 14.3. The molecule has 9 heteroatoms. The van der Waals surface area contributed by atoms with Crippen molar-refractivity contribution in [1.29, 1.82) is 0 Å². The van der Waals surface area contributed by atoms with Crippen LogP contribution < -0.4 is 9.97 Å². The van der Waals surface area contributed by atoms with E-state index in [-0.39, 0.29) is 23.1 Å². The Morgan fingerprint density at radius 3 is 1.07 bits per heavy atom. The summed E-state index contributed by atoms with van der Waals surface area (Å²) >= 11 is 0. The molecule has 5 heterocycles. The van der Waals surface area contributed by atoms with Crippen LogP contribution in [-0.2, 0) is 0 Å². The van der Waals surface area contributed by atoms with Crippen LogP contribution in [0.25, 0.3) is 133 Å². The number of benzene rings is 8. The van der Waals surface area contributed by atoms with Crippen LogP contribution in [-0.4, -0.2) is 53.0 Å². The molecule has 8 nitrogen and oxygen atoms in total. The maximum absolute atomic E-state index is 5.33. The molecule has 0 N–H and O–H groups in total. The smallest absolute Gasteiger partial charge is 0.357 e. The van der Waals surface area contributed by atoms with E-state index in [1.165, 1.54) is 0 Å². The van der Waals surface area contributed by atoms with Crippen molar-refractivity contribution in [3.63, 3.8) is 0 Å². The fourth-order valence-corrected chi connectivity index (χ4v) is 8.73. The van der Waals surface area contributed by atoms with Crippen LogP contribution in [0.1, 0.15) is 0 Å². The van der Waals surface area contributed by atoms with Gasteiger partial charge in [-0.1, -0.05) is 146 Å². The Balaban J connectivity index is 0.00000356. The van der Waals surface area contributed by atoms with Gasteiger partial charge in [-0.05, 0) is 53.9 Å². The maximum Gasteiger partial charge on any atom is 2.00 e. The van der Waals surface area contributed by atoms with Crippen LogP contribution in [0.4, 0.5) is 0 Å². The molecular formula is C48H24MgN8.